The number of carbonyl (C=O) groups excluding carboxylic acids is 6. The summed E-state index contributed by atoms with van der Waals surface area (Å²) in [7, 11) is -7.35. The molecule has 542 valence electrons. The fraction of sp³-hybridized carbons (Fsp3) is 0.557. The van der Waals surface area contributed by atoms with Crippen molar-refractivity contribution < 1.29 is 93.4 Å². The van der Waals surface area contributed by atoms with Crippen molar-refractivity contribution in [2.24, 2.45) is 5.92 Å². The van der Waals surface area contributed by atoms with Crippen LogP contribution in [0.15, 0.2) is 64.4 Å². The number of piperazine rings is 2. The summed E-state index contributed by atoms with van der Waals surface area (Å²) < 4.78 is 103. The minimum atomic E-state index is -3.68. The van der Waals surface area contributed by atoms with Gasteiger partial charge in [0.05, 0.1) is 89.1 Å². The standard InChI is InChI=1S/C26H35N3O7S.C24H31N3O7S.C12H17NO3.C8H12O3/c1-4-35-25(30)17-29-19(3)22(23-18-34-15-10-24(23)29)16-20-6-8-21(9-7-20)37(32,33)28-13-11-27(12-14-28)26(31)36-5-2;1-3-34-24(30)25-9-11-26(12-10-25)35(31,32)19-6-4-18(5-7-19)14-20-17(2)27(15-23(28)29)22-8-13-33-16-21(20)22;1-3-16-12(14)7-13-9(2)6-10-8-15-5-4-11(10)13;1-6(9)4-7-5-11-3-2-8(7)10/h6-9H,4-5,10-18H2,1-3H3;4-7H,3,8-16H2,1-2H3,(H,28,29);6H,3-5,7-8H2,1-2H3;7H,2-5H2,1H3. The number of hydrogen-bond donors (Lipinski definition) is 1. The highest BCUT2D eigenvalue weighted by atomic mass is 32.2. The Morgan fingerprint density at radius 2 is 0.919 bits per heavy atom. The van der Waals surface area contributed by atoms with Gasteiger partial charge in [-0.3, -0.25) is 19.2 Å². The van der Waals surface area contributed by atoms with Crippen molar-refractivity contribution in [3.63, 3.8) is 0 Å². The number of carboxylic acids is 1. The van der Waals surface area contributed by atoms with Gasteiger partial charge in [0.15, 0.2) is 0 Å². The summed E-state index contributed by atoms with van der Waals surface area (Å²) in [5.41, 5.74) is 13.7. The highest BCUT2D eigenvalue weighted by Crippen LogP contribution is 2.33. The lowest BCUT2D eigenvalue weighted by molar-refractivity contribution is -0.144. The number of amides is 2. The van der Waals surface area contributed by atoms with Crippen molar-refractivity contribution in [3.8, 4) is 0 Å². The monoisotopic (exact) mass is 1420 g/mol. The zero-order valence-corrected chi connectivity index (χ0v) is 59.8. The van der Waals surface area contributed by atoms with Crippen molar-refractivity contribution in [3.05, 3.63) is 128 Å². The number of ether oxygens (including phenoxy) is 8. The summed E-state index contributed by atoms with van der Waals surface area (Å²) >= 11 is 0. The van der Waals surface area contributed by atoms with Crippen LogP contribution in [0.25, 0.3) is 0 Å². The molecule has 11 rings (SSSR count). The zero-order chi connectivity index (χ0) is 71.6. The number of sulfonamides is 2. The molecule has 0 aliphatic carbocycles. The van der Waals surface area contributed by atoms with Crippen molar-refractivity contribution >= 4 is 61.7 Å². The van der Waals surface area contributed by atoms with Crippen LogP contribution < -0.4 is 0 Å². The number of rotatable bonds is 20. The topological polar surface area (TPSA) is 310 Å². The Kier molecular flexibility index (Phi) is 28.0. The van der Waals surface area contributed by atoms with Crippen LogP contribution in [-0.4, -0.2) is 208 Å². The van der Waals surface area contributed by atoms with E-state index in [-0.39, 0.29) is 105 Å². The number of aryl methyl sites for hydroxylation is 1. The molecule has 0 radical (unpaired) electrons. The van der Waals surface area contributed by atoms with Crippen LogP contribution in [0.1, 0.15) is 121 Å². The molecular formula is C70H95N7O20S2. The van der Waals surface area contributed by atoms with E-state index in [9.17, 15) is 55.5 Å². The van der Waals surface area contributed by atoms with Crippen molar-refractivity contribution in [1.82, 2.24) is 32.1 Å². The maximum atomic E-state index is 13.2. The molecule has 0 bridgehead atoms. The SMILES string of the molecule is CC(=O)CC1COCCC1=O.CCOC(=O)Cn1c(C)c(Cc2ccc(S(=O)(=O)N3CCN(C(=O)OCC)CC3)cc2)c2c1CCOC2.CCOC(=O)Cn1c(C)cc2c1CCOC2.CCOC(=O)N1CCN(S(=O)(=O)c2ccc(Cc3c4c(n(CC(=O)O)c3C)CCOC4)cc2)CC1. The molecule has 3 fully saturated rings. The normalized spacial score (nSPS) is 17.2. The van der Waals surface area contributed by atoms with Crippen molar-refractivity contribution in [1.29, 1.82) is 0 Å². The zero-order valence-electron chi connectivity index (χ0n) is 58.1. The van der Waals surface area contributed by atoms with Crippen molar-refractivity contribution in [2.45, 2.75) is 150 Å². The first-order valence-corrected chi connectivity index (χ1v) is 36.7. The highest BCUT2D eigenvalue weighted by molar-refractivity contribution is 7.89. The van der Waals surface area contributed by atoms with Gasteiger partial charge < -0.3 is 71.3 Å². The van der Waals surface area contributed by atoms with Crippen LogP contribution >= 0.6 is 0 Å². The molecule has 1 unspecified atom stereocenters. The molecule has 1 N–H and O–H groups in total. The summed E-state index contributed by atoms with van der Waals surface area (Å²) in [6, 6.07) is 15.8. The average Bonchev–Trinajstić information content (AvgIpc) is 1.68. The number of nitrogens with zero attached hydrogens (tertiary/aromatic N) is 7. The molecule has 6 aliphatic heterocycles. The number of esters is 2. The Bertz CT molecular complexity index is 3880. The number of Topliss-reactive ketones (excluding diaryl/α,β-unsaturated/α-hetero) is 2. The molecule has 6 aliphatic rings. The first-order valence-electron chi connectivity index (χ1n) is 33.8. The second-order valence-corrected chi connectivity index (χ2v) is 28.5. The van der Waals surface area contributed by atoms with E-state index in [2.05, 4.69) is 6.07 Å². The third kappa shape index (κ3) is 19.8. The molecule has 2 aromatic carbocycles. The van der Waals surface area contributed by atoms with Gasteiger partial charge in [0.1, 0.15) is 31.2 Å². The Morgan fingerprint density at radius 3 is 1.33 bits per heavy atom. The molecule has 0 spiro atoms. The van der Waals surface area contributed by atoms with Crippen LogP contribution in [-0.2, 0) is 153 Å². The molecule has 99 heavy (non-hydrogen) atoms. The number of benzene rings is 2. The Balaban J connectivity index is 0.000000185. The van der Waals surface area contributed by atoms with Crippen LogP contribution in [0, 0.1) is 26.7 Å². The molecule has 3 saturated heterocycles. The quantitative estimate of drug-likeness (QED) is 0.0642. The average molecular weight is 1420 g/mol. The lowest BCUT2D eigenvalue weighted by Gasteiger charge is -2.33. The number of carbonyl (C=O) groups is 7. The highest BCUT2D eigenvalue weighted by Gasteiger charge is 2.34. The predicted molar refractivity (Wildman–Crippen MR) is 361 cm³/mol. The van der Waals surface area contributed by atoms with Gasteiger partial charge in [0.25, 0.3) is 0 Å². The van der Waals surface area contributed by atoms with E-state index < -0.39 is 38.2 Å². The number of ketones is 2. The van der Waals surface area contributed by atoms with Crippen LogP contribution in [0.2, 0.25) is 0 Å². The summed E-state index contributed by atoms with van der Waals surface area (Å²) in [4.78, 5) is 84.1. The molecule has 9 heterocycles. The Labute approximate surface area is 579 Å². The van der Waals surface area contributed by atoms with E-state index in [1.54, 1.807) is 57.2 Å². The van der Waals surface area contributed by atoms with Gasteiger partial charge in [-0.05, 0) is 126 Å². The maximum Gasteiger partial charge on any atom is 0.409 e. The van der Waals surface area contributed by atoms with Gasteiger partial charge in [0, 0.05) is 136 Å². The minimum Gasteiger partial charge on any atom is -0.480 e. The lowest BCUT2D eigenvalue weighted by Crippen LogP contribution is -2.50. The number of aliphatic carboxylic acids is 1. The molecule has 5 aromatic rings. The summed E-state index contributed by atoms with van der Waals surface area (Å²) in [6.07, 6.45) is 3.42. The molecule has 29 heteroatoms. The smallest absolute Gasteiger partial charge is 0.409 e. The van der Waals surface area contributed by atoms with Crippen LogP contribution in [0.4, 0.5) is 9.59 Å². The van der Waals surface area contributed by atoms with Gasteiger partial charge >= 0.3 is 30.1 Å². The van der Waals surface area contributed by atoms with Gasteiger partial charge in [-0.2, -0.15) is 8.61 Å². The van der Waals surface area contributed by atoms with Crippen LogP contribution in [0.5, 0.6) is 0 Å². The first-order chi connectivity index (χ1) is 47.4. The van der Waals surface area contributed by atoms with E-state index in [1.165, 1.54) is 36.6 Å². The van der Waals surface area contributed by atoms with Gasteiger partial charge in [0.2, 0.25) is 20.0 Å². The maximum absolute atomic E-state index is 13.2. The number of carboxylic acid groups (broad SMARTS) is 1. The fourth-order valence-electron chi connectivity index (χ4n) is 13.1. The lowest BCUT2D eigenvalue weighted by atomic mass is 9.95. The third-order valence-electron chi connectivity index (χ3n) is 18.2. The number of fused-ring (bicyclic) bond motifs is 3. The Morgan fingerprint density at radius 1 is 0.515 bits per heavy atom. The molecule has 27 nitrogen and oxygen atoms in total. The first kappa shape index (κ1) is 77.0. The molecule has 1 atom stereocenters. The summed E-state index contributed by atoms with van der Waals surface area (Å²) in [5.74, 6) is -1.25. The third-order valence-corrected chi connectivity index (χ3v) is 22.0. The van der Waals surface area contributed by atoms with E-state index in [0.29, 0.717) is 111 Å². The van der Waals surface area contributed by atoms with Gasteiger partial charge in [-0.15, -0.1) is 0 Å². The van der Waals surface area contributed by atoms with E-state index in [4.69, 9.17) is 37.9 Å². The van der Waals surface area contributed by atoms with E-state index in [1.807, 2.05) is 53.5 Å². The minimum absolute atomic E-state index is 0.0638. The van der Waals surface area contributed by atoms with Crippen LogP contribution in [0.3, 0.4) is 0 Å². The summed E-state index contributed by atoms with van der Waals surface area (Å²) in [5, 5.41) is 9.33. The fourth-order valence-corrected chi connectivity index (χ4v) is 15.9. The number of hydrogen-bond acceptors (Lipinski definition) is 19. The van der Waals surface area contributed by atoms with Crippen molar-refractivity contribution in [2.75, 3.05) is 112 Å². The largest absolute Gasteiger partial charge is 0.480 e. The second kappa shape index (κ2) is 36.0. The molecule has 0 saturated carbocycles. The van der Waals surface area contributed by atoms with E-state index >= 15 is 0 Å². The van der Waals surface area contributed by atoms with Gasteiger partial charge in [-0.25, -0.2) is 26.4 Å². The predicted octanol–water partition coefficient (Wildman–Crippen LogP) is 6.50. The van der Waals surface area contributed by atoms with E-state index in [0.717, 1.165) is 81.3 Å². The second-order valence-electron chi connectivity index (χ2n) is 24.6. The molecule has 3 aromatic heterocycles. The molecule has 2 amide bonds. The Hall–Kier alpha value is -7.77. The molecular weight excluding hydrogens is 1320 g/mol. The summed E-state index contributed by atoms with van der Waals surface area (Å²) in [6.45, 7) is 22.8. The van der Waals surface area contributed by atoms with Gasteiger partial charge in [-0.1, -0.05) is 24.3 Å². The number of aromatic nitrogens is 3.